The van der Waals surface area contributed by atoms with Crippen molar-refractivity contribution in [3.05, 3.63) is 107 Å². The van der Waals surface area contributed by atoms with Gasteiger partial charge in [0.1, 0.15) is 5.82 Å². The molecule has 0 saturated heterocycles. The molecule has 1 aliphatic heterocycles. The predicted molar refractivity (Wildman–Crippen MR) is 129 cm³/mol. The van der Waals surface area contributed by atoms with Gasteiger partial charge in [0.25, 0.3) is 0 Å². The highest BCUT2D eigenvalue weighted by atomic mass is 16.1. The molecule has 1 aliphatic carbocycles. The molecule has 0 bridgehead atoms. The van der Waals surface area contributed by atoms with Crippen molar-refractivity contribution < 1.29 is 4.79 Å². The summed E-state index contributed by atoms with van der Waals surface area (Å²) in [7, 11) is 3.78. The minimum atomic E-state index is -0.463. The number of hydrogen-bond donors (Lipinski definition) is 1. The van der Waals surface area contributed by atoms with Crippen LogP contribution >= 0.6 is 0 Å². The number of carbonyl (C=O) groups is 1. The summed E-state index contributed by atoms with van der Waals surface area (Å²) in [6.45, 7) is 0. The molecule has 5 rings (SSSR count). The van der Waals surface area contributed by atoms with Crippen molar-refractivity contribution in [1.82, 2.24) is 10.0 Å². The van der Waals surface area contributed by atoms with Gasteiger partial charge in [-0.2, -0.15) is 5.26 Å². The van der Waals surface area contributed by atoms with Crippen molar-refractivity contribution in [2.75, 3.05) is 14.1 Å². The summed E-state index contributed by atoms with van der Waals surface area (Å²) in [6.07, 6.45) is 1.11. The minimum Gasteiger partial charge on any atom is -0.383 e. The van der Waals surface area contributed by atoms with Gasteiger partial charge in [-0.25, -0.2) is 5.01 Å². The van der Waals surface area contributed by atoms with Crippen molar-refractivity contribution in [2.45, 2.75) is 24.7 Å². The van der Waals surface area contributed by atoms with E-state index in [2.05, 4.69) is 42.5 Å². The summed E-state index contributed by atoms with van der Waals surface area (Å²) in [4.78, 5) is 13.7. The molecule has 0 saturated carbocycles. The Morgan fingerprint density at radius 3 is 2.33 bits per heavy atom. The number of Topliss-reactive ketones (excluding diaryl/α,β-unsaturated/α-hetero) is 1. The number of nitrogens with zero attached hydrogens (tertiary/aromatic N) is 3. The Morgan fingerprint density at radius 2 is 1.64 bits per heavy atom. The van der Waals surface area contributed by atoms with Gasteiger partial charge in [-0.1, -0.05) is 72.8 Å². The molecular weight excluding hydrogens is 408 g/mol. The van der Waals surface area contributed by atoms with Crippen molar-refractivity contribution >= 4 is 16.6 Å². The van der Waals surface area contributed by atoms with E-state index in [1.807, 2.05) is 60.5 Å². The van der Waals surface area contributed by atoms with E-state index in [0.717, 1.165) is 27.6 Å². The molecule has 2 N–H and O–H groups in total. The van der Waals surface area contributed by atoms with E-state index >= 15 is 0 Å². The van der Waals surface area contributed by atoms with Crippen LogP contribution in [0.15, 0.2) is 95.5 Å². The maximum absolute atomic E-state index is 13.7. The number of benzene rings is 3. The molecule has 33 heavy (non-hydrogen) atoms. The summed E-state index contributed by atoms with van der Waals surface area (Å²) in [5, 5.41) is 16.1. The second-order valence-corrected chi connectivity index (χ2v) is 8.91. The van der Waals surface area contributed by atoms with E-state index in [9.17, 15) is 10.1 Å². The standard InChI is InChI=1S/C28H26N4O/c1-31(2)32-24-15-22(18-8-4-3-5-9-18)16-25(33)27(24)26(23(17-29)28(32)30)21-13-12-19-10-6-7-11-20(19)14-21/h3-14,22,26H,15-16,30H2,1-2H3/t22-,26-/m0/s1. The second-order valence-electron chi connectivity index (χ2n) is 8.91. The first-order valence-corrected chi connectivity index (χ1v) is 11.2. The van der Waals surface area contributed by atoms with E-state index in [1.165, 1.54) is 0 Å². The van der Waals surface area contributed by atoms with E-state index in [4.69, 9.17) is 5.73 Å². The Balaban J connectivity index is 1.70. The molecule has 0 unspecified atom stereocenters. The molecule has 1 heterocycles. The van der Waals surface area contributed by atoms with Crippen molar-refractivity contribution in [3.63, 3.8) is 0 Å². The van der Waals surface area contributed by atoms with Crippen LogP contribution < -0.4 is 5.73 Å². The van der Waals surface area contributed by atoms with Gasteiger partial charge in [0.05, 0.1) is 17.6 Å². The van der Waals surface area contributed by atoms with Crippen molar-refractivity contribution in [2.24, 2.45) is 5.73 Å². The Labute approximate surface area is 194 Å². The van der Waals surface area contributed by atoms with E-state index in [-0.39, 0.29) is 11.7 Å². The minimum absolute atomic E-state index is 0.0774. The average Bonchev–Trinajstić information content (AvgIpc) is 2.83. The van der Waals surface area contributed by atoms with Gasteiger partial charge in [-0.15, -0.1) is 0 Å². The number of fused-ring (bicyclic) bond motifs is 1. The highest BCUT2D eigenvalue weighted by Gasteiger charge is 2.43. The Bertz CT molecular complexity index is 1350. The molecule has 164 valence electrons. The van der Waals surface area contributed by atoms with Crippen molar-refractivity contribution in [3.8, 4) is 6.07 Å². The van der Waals surface area contributed by atoms with Gasteiger partial charge in [0.2, 0.25) is 0 Å². The molecule has 0 radical (unpaired) electrons. The number of nitrogens with two attached hydrogens (primary N) is 1. The first-order valence-electron chi connectivity index (χ1n) is 11.2. The summed E-state index contributed by atoms with van der Waals surface area (Å²) < 4.78 is 0. The number of hydrogen-bond acceptors (Lipinski definition) is 5. The molecule has 2 atom stereocenters. The molecule has 3 aromatic rings. The van der Waals surface area contributed by atoms with Gasteiger partial charge < -0.3 is 5.73 Å². The van der Waals surface area contributed by atoms with Crippen LogP contribution in [-0.2, 0) is 4.79 Å². The third kappa shape index (κ3) is 3.49. The molecule has 5 nitrogen and oxygen atoms in total. The van der Waals surface area contributed by atoms with Gasteiger partial charge in [0, 0.05) is 31.8 Å². The summed E-state index contributed by atoms with van der Waals surface area (Å²) in [5.41, 5.74) is 10.7. The lowest BCUT2D eigenvalue weighted by molar-refractivity contribution is -0.117. The zero-order chi connectivity index (χ0) is 23.1. The SMILES string of the molecule is CN(C)N1C(N)=C(C#N)[C@H](c2ccc3ccccc3c2)C2=C1C[C@H](c1ccccc1)CC2=O. The number of carbonyl (C=O) groups excluding carboxylic acids is 1. The van der Waals surface area contributed by atoms with Gasteiger partial charge >= 0.3 is 0 Å². The van der Waals surface area contributed by atoms with Crippen LogP contribution in [0.3, 0.4) is 0 Å². The van der Waals surface area contributed by atoms with Crippen LogP contribution in [0.5, 0.6) is 0 Å². The smallest absolute Gasteiger partial charge is 0.162 e. The Kier molecular flexibility index (Phi) is 5.24. The van der Waals surface area contributed by atoms with E-state index in [1.54, 1.807) is 0 Å². The van der Waals surface area contributed by atoms with Gasteiger partial charge in [0.15, 0.2) is 5.78 Å². The Morgan fingerprint density at radius 1 is 0.939 bits per heavy atom. The van der Waals surface area contributed by atoms with Crippen molar-refractivity contribution in [1.29, 1.82) is 5.26 Å². The zero-order valence-corrected chi connectivity index (χ0v) is 18.8. The highest BCUT2D eigenvalue weighted by Crippen LogP contribution is 2.48. The maximum atomic E-state index is 13.7. The number of hydrazine groups is 1. The predicted octanol–water partition coefficient (Wildman–Crippen LogP) is 4.81. The lowest BCUT2D eigenvalue weighted by Gasteiger charge is -2.43. The highest BCUT2D eigenvalue weighted by molar-refractivity contribution is 6.00. The third-order valence-electron chi connectivity index (χ3n) is 6.72. The van der Waals surface area contributed by atoms with Crippen LogP contribution in [0.2, 0.25) is 0 Å². The van der Waals surface area contributed by atoms with E-state index < -0.39 is 5.92 Å². The van der Waals surface area contributed by atoms with E-state index in [0.29, 0.717) is 29.8 Å². The lowest BCUT2D eigenvalue weighted by Crippen LogP contribution is -2.46. The fourth-order valence-electron chi connectivity index (χ4n) is 5.25. The molecule has 0 fully saturated rings. The van der Waals surface area contributed by atoms with Crippen LogP contribution in [0.1, 0.15) is 35.8 Å². The van der Waals surface area contributed by atoms with Crippen LogP contribution in [0, 0.1) is 11.3 Å². The first-order chi connectivity index (χ1) is 16.0. The zero-order valence-electron chi connectivity index (χ0n) is 18.8. The molecule has 0 amide bonds. The molecule has 3 aromatic carbocycles. The quantitative estimate of drug-likeness (QED) is 0.640. The van der Waals surface area contributed by atoms with Gasteiger partial charge in [-0.3, -0.25) is 9.80 Å². The number of ketones is 1. The molecule has 0 aromatic heterocycles. The number of rotatable bonds is 3. The van der Waals surface area contributed by atoms with Gasteiger partial charge in [-0.05, 0) is 34.2 Å². The fraction of sp³-hybridized carbons (Fsp3) is 0.214. The molecule has 0 spiro atoms. The molecular formula is C28H26N4O. The summed E-state index contributed by atoms with van der Waals surface area (Å²) >= 11 is 0. The summed E-state index contributed by atoms with van der Waals surface area (Å²) in [6, 6.07) is 26.8. The number of nitriles is 1. The van der Waals surface area contributed by atoms with Crippen LogP contribution in [-0.4, -0.2) is 29.9 Å². The summed E-state index contributed by atoms with van der Waals surface area (Å²) in [5.74, 6) is 0.0832. The lowest BCUT2D eigenvalue weighted by atomic mass is 9.72. The molecule has 5 heteroatoms. The fourth-order valence-corrected chi connectivity index (χ4v) is 5.25. The third-order valence-corrected chi connectivity index (χ3v) is 6.72. The van der Waals surface area contributed by atoms with Crippen LogP contribution in [0.4, 0.5) is 0 Å². The largest absolute Gasteiger partial charge is 0.383 e. The molecule has 2 aliphatic rings. The normalized spacial score (nSPS) is 20.9. The first kappa shape index (κ1) is 21.0. The van der Waals surface area contributed by atoms with Crippen LogP contribution in [0.25, 0.3) is 10.8 Å². The topological polar surface area (TPSA) is 73.4 Å². The monoisotopic (exact) mass is 434 g/mol. The maximum Gasteiger partial charge on any atom is 0.162 e. The Hall–Kier alpha value is -3.88. The second kappa shape index (κ2) is 8.23. The number of allylic oxidation sites excluding steroid dienone is 3. The average molecular weight is 435 g/mol.